The highest BCUT2D eigenvalue weighted by Crippen LogP contribution is 2.35. The summed E-state index contributed by atoms with van der Waals surface area (Å²) in [4.78, 5) is 7.01. The van der Waals surface area contributed by atoms with Crippen LogP contribution in [0.3, 0.4) is 0 Å². The Kier molecular flexibility index (Phi) is 3.97. The maximum absolute atomic E-state index is 4.45. The van der Waals surface area contributed by atoms with Gasteiger partial charge in [0.05, 0.1) is 0 Å². The minimum atomic E-state index is 0.478. The van der Waals surface area contributed by atoms with Gasteiger partial charge in [-0.1, -0.05) is 36.4 Å². The summed E-state index contributed by atoms with van der Waals surface area (Å²) < 4.78 is 0. The Morgan fingerprint density at radius 2 is 2.05 bits per heavy atom. The highest BCUT2D eigenvalue weighted by atomic mass is 15.2. The smallest absolute Gasteiger partial charge is 0.130 e. The first-order valence-electron chi connectivity index (χ1n) is 7.29. The van der Waals surface area contributed by atoms with Crippen molar-refractivity contribution in [3.63, 3.8) is 0 Å². The average Bonchev–Trinajstić information content (AvgIpc) is 2.96. The molecule has 1 aromatic carbocycles. The molecule has 2 aromatic rings. The zero-order valence-electron chi connectivity index (χ0n) is 11.9. The summed E-state index contributed by atoms with van der Waals surface area (Å²) in [6, 6.07) is 15.4. The Hall–Kier alpha value is -1.87. The molecule has 3 rings (SSSR count). The van der Waals surface area contributed by atoms with E-state index in [1.54, 1.807) is 0 Å². The van der Waals surface area contributed by atoms with Gasteiger partial charge in [0, 0.05) is 31.4 Å². The number of pyridine rings is 1. The molecule has 1 fully saturated rings. The van der Waals surface area contributed by atoms with Crippen molar-refractivity contribution < 1.29 is 0 Å². The van der Waals surface area contributed by atoms with Gasteiger partial charge in [-0.2, -0.15) is 0 Å². The van der Waals surface area contributed by atoms with Crippen molar-refractivity contribution in [3.8, 4) is 0 Å². The van der Waals surface area contributed by atoms with E-state index in [-0.39, 0.29) is 0 Å². The third kappa shape index (κ3) is 2.68. The van der Waals surface area contributed by atoms with Crippen LogP contribution in [0.25, 0.3) is 0 Å². The number of nitrogens with one attached hydrogen (secondary N) is 1. The van der Waals surface area contributed by atoms with Gasteiger partial charge in [-0.25, -0.2) is 4.98 Å². The molecule has 104 valence electrons. The Balaban J connectivity index is 1.82. The van der Waals surface area contributed by atoms with Crippen LogP contribution in [-0.2, 0) is 6.54 Å². The van der Waals surface area contributed by atoms with Gasteiger partial charge < -0.3 is 5.32 Å². The van der Waals surface area contributed by atoms with E-state index in [1.165, 1.54) is 24.0 Å². The van der Waals surface area contributed by atoms with Gasteiger partial charge in [-0.3, -0.25) is 4.90 Å². The molecule has 1 unspecified atom stereocenters. The molecule has 2 heterocycles. The zero-order valence-corrected chi connectivity index (χ0v) is 11.9. The van der Waals surface area contributed by atoms with Crippen molar-refractivity contribution in [1.29, 1.82) is 0 Å². The first-order valence-corrected chi connectivity index (χ1v) is 7.29. The van der Waals surface area contributed by atoms with Crippen LogP contribution in [0.2, 0.25) is 0 Å². The van der Waals surface area contributed by atoms with Crippen LogP contribution in [-0.4, -0.2) is 23.5 Å². The molecule has 0 spiro atoms. The lowest BCUT2D eigenvalue weighted by Crippen LogP contribution is -2.23. The topological polar surface area (TPSA) is 28.2 Å². The Morgan fingerprint density at radius 1 is 1.20 bits per heavy atom. The van der Waals surface area contributed by atoms with E-state index in [0.717, 1.165) is 18.9 Å². The first kappa shape index (κ1) is 13.1. The maximum atomic E-state index is 4.45. The molecule has 20 heavy (non-hydrogen) atoms. The van der Waals surface area contributed by atoms with Crippen LogP contribution < -0.4 is 5.32 Å². The van der Waals surface area contributed by atoms with E-state index in [9.17, 15) is 0 Å². The van der Waals surface area contributed by atoms with Gasteiger partial charge in [0.25, 0.3) is 0 Å². The van der Waals surface area contributed by atoms with Crippen molar-refractivity contribution in [1.82, 2.24) is 9.88 Å². The molecule has 1 atom stereocenters. The molecule has 1 aliphatic rings. The predicted molar refractivity (Wildman–Crippen MR) is 82.6 cm³/mol. The lowest BCUT2D eigenvalue weighted by molar-refractivity contribution is 0.249. The minimum Gasteiger partial charge on any atom is -0.373 e. The van der Waals surface area contributed by atoms with E-state index >= 15 is 0 Å². The molecule has 0 radical (unpaired) electrons. The number of likely N-dealkylation sites (tertiary alicyclic amines) is 1. The van der Waals surface area contributed by atoms with Gasteiger partial charge in [-0.15, -0.1) is 0 Å². The molecule has 1 aliphatic heterocycles. The third-order valence-electron chi connectivity index (χ3n) is 4.03. The minimum absolute atomic E-state index is 0.478. The molecular weight excluding hydrogens is 246 g/mol. The maximum Gasteiger partial charge on any atom is 0.130 e. The van der Waals surface area contributed by atoms with Crippen molar-refractivity contribution in [2.75, 3.05) is 18.9 Å². The third-order valence-corrected chi connectivity index (χ3v) is 4.03. The number of anilines is 1. The fraction of sp³-hybridized carbons (Fsp3) is 0.353. The summed E-state index contributed by atoms with van der Waals surface area (Å²) in [6.45, 7) is 2.18. The highest BCUT2D eigenvalue weighted by Gasteiger charge is 2.27. The number of aromatic nitrogens is 1. The Labute approximate surface area is 120 Å². The summed E-state index contributed by atoms with van der Waals surface area (Å²) in [5.41, 5.74) is 2.71. The van der Waals surface area contributed by atoms with Crippen molar-refractivity contribution in [2.45, 2.75) is 25.4 Å². The normalized spacial score (nSPS) is 19.1. The summed E-state index contributed by atoms with van der Waals surface area (Å²) in [5.74, 6) is 1.01. The summed E-state index contributed by atoms with van der Waals surface area (Å²) in [5, 5.41) is 3.22. The number of hydrogen-bond acceptors (Lipinski definition) is 3. The van der Waals surface area contributed by atoms with E-state index in [4.69, 9.17) is 0 Å². The molecule has 1 saturated heterocycles. The Morgan fingerprint density at radius 3 is 2.85 bits per heavy atom. The van der Waals surface area contributed by atoms with Crippen molar-refractivity contribution in [3.05, 3.63) is 59.8 Å². The van der Waals surface area contributed by atoms with Gasteiger partial charge >= 0.3 is 0 Å². The summed E-state index contributed by atoms with van der Waals surface area (Å²) in [7, 11) is 1.95. The van der Waals surface area contributed by atoms with Crippen LogP contribution >= 0.6 is 0 Å². The monoisotopic (exact) mass is 267 g/mol. The van der Waals surface area contributed by atoms with Crippen molar-refractivity contribution in [2.24, 2.45) is 0 Å². The second kappa shape index (κ2) is 6.06. The SMILES string of the molecule is CNc1ncccc1C1CCCN1Cc1ccccc1. The first-order chi connectivity index (χ1) is 9.88. The fourth-order valence-electron chi connectivity index (χ4n) is 3.08. The second-order valence-corrected chi connectivity index (χ2v) is 5.31. The molecule has 0 saturated carbocycles. The molecule has 0 amide bonds. The Bertz CT molecular complexity index is 553. The van der Waals surface area contributed by atoms with Gasteiger partial charge in [0.1, 0.15) is 5.82 Å². The zero-order chi connectivity index (χ0) is 13.8. The largest absolute Gasteiger partial charge is 0.373 e. The van der Waals surface area contributed by atoms with Gasteiger partial charge in [0.2, 0.25) is 0 Å². The van der Waals surface area contributed by atoms with E-state index in [2.05, 4.69) is 51.6 Å². The van der Waals surface area contributed by atoms with Gasteiger partial charge in [0.15, 0.2) is 0 Å². The number of hydrogen-bond donors (Lipinski definition) is 1. The molecule has 0 aliphatic carbocycles. The van der Waals surface area contributed by atoms with Crippen molar-refractivity contribution >= 4 is 5.82 Å². The number of benzene rings is 1. The molecule has 1 aromatic heterocycles. The van der Waals surface area contributed by atoms with E-state index in [0.29, 0.717) is 6.04 Å². The second-order valence-electron chi connectivity index (χ2n) is 5.31. The lowest BCUT2D eigenvalue weighted by Gasteiger charge is -2.26. The quantitative estimate of drug-likeness (QED) is 0.919. The van der Waals surface area contributed by atoms with E-state index in [1.807, 2.05) is 19.3 Å². The lowest BCUT2D eigenvalue weighted by atomic mass is 10.0. The van der Waals surface area contributed by atoms with Crippen LogP contribution in [0.15, 0.2) is 48.7 Å². The highest BCUT2D eigenvalue weighted by molar-refractivity contribution is 5.45. The van der Waals surface area contributed by atoms with Crippen LogP contribution in [0, 0.1) is 0 Å². The van der Waals surface area contributed by atoms with Gasteiger partial charge in [-0.05, 0) is 31.0 Å². The average molecular weight is 267 g/mol. The van der Waals surface area contributed by atoms with Crippen LogP contribution in [0.5, 0.6) is 0 Å². The number of rotatable bonds is 4. The predicted octanol–water partition coefficient (Wildman–Crippen LogP) is 3.46. The molecule has 1 N–H and O–H groups in total. The molecular formula is C17H21N3. The molecule has 0 bridgehead atoms. The fourth-order valence-corrected chi connectivity index (χ4v) is 3.08. The number of nitrogens with zero attached hydrogens (tertiary/aromatic N) is 2. The van der Waals surface area contributed by atoms with E-state index < -0.39 is 0 Å². The summed E-state index contributed by atoms with van der Waals surface area (Å²) in [6.07, 6.45) is 4.33. The standard InChI is InChI=1S/C17H21N3/c1-18-17-15(9-5-11-19-17)16-10-6-12-20(16)13-14-7-3-2-4-8-14/h2-5,7-9,11,16H,6,10,12-13H2,1H3,(H,18,19). The molecule has 3 nitrogen and oxygen atoms in total. The van der Waals surface area contributed by atoms with Crippen LogP contribution in [0.4, 0.5) is 5.82 Å². The van der Waals surface area contributed by atoms with Crippen LogP contribution in [0.1, 0.15) is 30.0 Å². The summed E-state index contributed by atoms with van der Waals surface area (Å²) >= 11 is 0. The molecule has 3 heteroatoms.